The molecule has 3 aliphatic carbocycles. The average molecular weight is 501 g/mol. The highest BCUT2D eigenvalue weighted by molar-refractivity contribution is 5.71. The van der Waals surface area contributed by atoms with Crippen LogP contribution in [0.1, 0.15) is 99.3 Å². The minimum Gasteiger partial charge on any atom is -0.481 e. The molecule has 0 aliphatic heterocycles. The van der Waals surface area contributed by atoms with Crippen LogP contribution in [0.3, 0.4) is 0 Å². The third-order valence-corrected chi connectivity index (χ3v) is 10.9. The number of hydrogen-bond acceptors (Lipinski definition) is 3. The molecular weight excluding hydrogens is 452 g/mol. The van der Waals surface area contributed by atoms with Gasteiger partial charge in [-0.15, -0.1) is 0 Å². The number of carboxylic acids is 2. The van der Waals surface area contributed by atoms with Crippen LogP contribution in [0.4, 0.5) is 0 Å². The first kappa shape index (κ1) is 28.7. The van der Waals surface area contributed by atoms with Crippen molar-refractivity contribution < 1.29 is 24.9 Å². The fraction of sp³-hybridized carbons (Fsp3) is 0.742. The van der Waals surface area contributed by atoms with Gasteiger partial charge in [0.05, 0.1) is 12.0 Å². The zero-order valence-corrected chi connectivity index (χ0v) is 23.3. The van der Waals surface area contributed by atoms with Gasteiger partial charge in [-0.25, -0.2) is 0 Å². The lowest BCUT2D eigenvalue weighted by atomic mass is 9.47. The van der Waals surface area contributed by atoms with Gasteiger partial charge in [0.15, 0.2) is 0 Å². The van der Waals surface area contributed by atoms with E-state index >= 15 is 0 Å². The van der Waals surface area contributed by atoms with Gasteiger partial charge in [-0.05, 0) is 86.4 Å². The molecular formula is C31H48O5. The summed E-state index contributed by atoms with van der Waals surface area (Å²) in [6.45, 7) is 21.3. The first-order valence-electron chi connectivity index (χ1n) is 13.8. The average Bonchev–Trinajstić information content (AvgIpc) is 2.98. The van der Waals surface area contributed by atoms with E-state index in [2.05, 4.69) is 54.7 Å². The summed E-state index contributed by atoms with van der Waals surface area (Å²) in [5, 5.41) is 31.3. The van der Waals surface area contributed by atoms with Gasteiger partial charge in [-0.2, -0.15) is 0 Å². The Labute approximate surface area is 217 Å². The van der Waals surface area contributed by atoms with Crippen LogP contribution in [0.2, 0.25) is 0 Å². The molecule has 3 N–H and O–H groups in total. The smallest absolute Gasteiger partial charge is 0.306 e. The predicted octanol–water partition coefficient (Wildman–Crippen LogP) is 7.02. The zero-order chi connectivity index (χ0) is 27.2. The molecule has 7 atom stereocenters. The molecule has 1 unspecified atom stereocenters. The molecule has 5 heteroatoms. The summed E-state index contributed by atoms with van der Waals surface area (Å²) < 4.78 is 0. The van der Waals surface area contributed by atoms with Crippen LogP contribution < -0.4 is 0 Å². The molecule has 202 valence electrons. The molecule has 0 aromatic carbocycles. The predicted molar refractivity (Wildman–Crippen MR) is 143 cm³/mol. The van der Waals surface area contributed by atoms with E-state index in [0.29, 0.717) is 31.6 Å². The van der Waals surface area contributed by atoms with Crippen molar-refractivity contribution in [1.82, 2.24) is 0 Å². The number of hydrogen-bond donors (Lipinski definition) is 3. The number of aliphatic hydroxyl groups excluding tert-OH is 1. The summed E-state index contributed by atoms with van der Waals surface area (Å²) in [7, 11) is 0. The van der Waals surface area contributed by atoms with Crippen LogP contribution in [0.15, 0.2) is 35.5 Å². The van der Waals surface area contributed by atoms with Gasteiger partial charge in [0, 0.05) is 12.3 Å². The van der Waals surface area contributed by atoms with Crippen molar-refractivity contribution in [2.24, 2.45) is 39.9 Å². The lowest BCUT2D eigenvalue weighted by molar-refractivity contribution is -0.148. The van der Waals surface area contributed by atoms with E-state index < -0.39 is 24.0 Å². The van der Waals surface area contributed by atoms with Crippen molar-refractivity contribution in [3.8, 4) is 0 Å². The van der Waals surface area contributed by atoms with Crippen molar-refractivity contribution >= 4 is 11.9 Å². The van der Waals surface area contributed by atoms with E-state index in [1.807, 2.05) is 0 Å². The van der Waals surface area contributed by atoms with Gasteiger partial charge in [0.25, 0.3) is 0 Å². The van der Waals surface area contributed by atoms with E-state index in [0.717, 1.165) is 36.8 Å². The van der Waals surface area contributed by atoms with E-state index in [-0.39, 0.29) is 34.5 Å². The molecule has 0 radical (unpaired) electrons. The summed E-state index contributed by atoms with van der Waals surface area (Å²) in [5.74, 6) is -1.99. The molecule has 3 aliphatic rings. The highest BCUT2D eigenvalue weighted by Gasteiger charge is 2.65. The quantitative estimate of drug-likeness (QED) is 0.280. The van der Waals surface area contributed by atoms with Crippen molar-refractivity contribution in [2.45, 2.75) is 105 Å². The van der Waals surface area contributed by atoms with E-state index in [1.165, 1.54) is 11.1 Å². The second kappa shape index (κ2) is 10.1. The summed E-state index contributed by atoms with van der Waals surface area (Å²) in [5.41, 5.74) is 3.97. The molecule has 0 amide bonds. The lowest BCUT2D eigenvalue weighted by Gasteiger charge is -2.57. The highest BCUT2D eigenvalue weighted by Crippen LogP contribution is 2.71. The van der Waals surface area contributed by atoms with Crippen LogP contribution >= 0.6 is 0 Å². The Balaban J connectivity index is 2.05. The van der Waals surface area contributed by atoms with Crippen LogP contribution in [0, 0.1) is 39.9 Å². The maximum atomic E-state index is 12.6. The summed E-state index contributed by atoms with van der Waals surface area (Å²) >= 11 is 0. The SMILES string of the molecule is C=C(CCC(C(=O)O)[C@H]1[C@H](O)C[C@@]2(C)C3=C(CC[C@]12C)[C@@](C)(CCC(=O)O)[C@H](C(=C)C)CC3)C(C)C. The molecule has 1 saturated carbocycles. The standard InChI is InChI=1S/C31H48O5/c1-18(2)20(5)9-10-21(28(35)36)27-25(32)17-31(8)24-12-11-22(19(3)4)29(6,15-14-26(33)34)23(24)13-16-30(27,31)7/h18,21-22,25,27,32H,3,5,9-17H2,1-2,4,6-8H3,(H,33,34)(H,35,36)/t21?,22-,25+,27-,29-,30+,31-/m0/s1. The van der Waals surface area contributed by atoms with Gasteiger partial charge in [0.2, 0.25) is 0 Å². The highest BCUT2D eigenvalue weighted by atomic mass is 16.4. The molecule has 1 fully saturated rings. The first-order chi connectivity index (χ1) is 16.6. The number of carbonyl (C=O) groups is 2. The van der Waals surface area contributed by atoms with Crippen molar-refractivity contribution in [3.63, 3.8) is 0 Å². The Hall–Kier alpha value is -1.88. The van der Waals surface area contributed by atoms with Gasteiger partial charge >= 0.3 is 11.9 Å². The Morgan fingerprint density at radius 3 is 2.22 bits per heavy atom. The van der Waals surface area contributed by atoms with Gasteiger partial charge in [-0.3, -0.25) is 9.59 Å². The maximum absolute atomic E-state index is 12.6. The molecule has 0 aromatic heterocycles. The summed E-state index contributed by atoms with van der Waals surface area (Å²) in [4.78, 5) is 24.1. The topological polar surface area (TPSA) is 94.8 Å². The van der Waals surface area contributed by atoms with Crippen LogP contribution in [0.5, 0.6) is 0 Å². The Bertz CT molecular complexity index is 960. The lowest BCUT2D eigenvalue weighted by Crippen LogP contribution is -2.49. The van der Waals surface area contributed by atoms with Crippen molar-refractivity contribution in [3.05, 3.63) is 35.5 Å². The third kappa shape index (κ3) is 4.61. The molecule has 0 aromatic rings. The van der Waals surface area contributed by atoms with Crippen LogP contribution in [-0.2, 0) is 9.59 Å². The molecule has 0 bridgehead atoms. The van der Waals surface area contributed by atoms with Crippen molar-refractivity contribution in [1.29, 1.82) is 0 Å². The molecule has 3 rings (SSSR count). The minimum absolute atomic E-state index is 0.122. The number of aliphatic hydroxyl groups is 1. The summed E-state index contributed by atoms with van der Waals surface area (Å²) in [6.07, 6.45) is 5.21. The fourth-order valence-electron chi connectivity index (χ4n) is 8.50. The molecule has 0 saturated heterocycles. The number of allylic oxidation sites excluding steroid dienone is 4. The van der Waals surface area contributed by atoms with Gasteiger partial charge in [0.1, 0.15) is 0 Å². The Morgan fingerprint density at radius 1 is 1.06 bits per heavy atom. The number of rotatable bonds is 10. The van der Waals surface area contributed by atoms with Gasteiger partial charge in [-0.1, -0.05) is 70.1 Å². The zero-order valence-electron chi connectivity index (χ0n) is 23.3. The normalized spacial score (nSPS) is 36.8. The molecule has 0 heterocycles. The first-order valence-corrected chi connectivity index (χ1v) is 13.8. The molecule has 5 nitrogen and oxygen atoms in total. The number of carboxylic acid groups (broad SMARTS) is 2. The fourth-order valence-corrected chi connectivity index (χ4v) is 8.50. The molecule has 36 heavy (non-hydrogen) atoms. The molecule has 0 spiro atoms. The summed E-state index contributed by atoms with van der Waals surface area (Å²) in [6, 6.07) is 0. The largest absolute Gasteiger partial charge is 0.481 e. The van der Waals surface area contributed by atoms with E-state index in [9.17, 15) is 24.9 Å². The third-order valence-electron chi connectivity index (χ3n) is 10.9. The maximum Gasteiger partial charge on any atom is 0.306 e. The van der Waals surface area contributed by atoms with E-state index in [1.54, 1.807) is 0 Å². The Kier molecular flexibility index (Phi) is 8.06. The Morgan fingerprint density at radius 2 is 1.69 bits per heavy atom. The van der Waals surface area contributed by atoms with E-state index in [4.69, 9.17) is 0 Å². The number of fused-ring (bicyclic) bond motifs is 2. The number of aliphatic carboxylic acids is 2. The monoisotopic (exact) mass is 500 g/mol. The van der Waals surface area contributed by atoms with Crippen molar-refractivity contribution in [2.75, 3.05) is 0 Å². The van der Waals surface area contributed by atoms with Gasteiger partial charge < -0.3 is 15.3 Å². The second-order valence-electron chi connectivity index (χ2n) is 13.0. The second-order valence-corrected chi connectivity index (χ2v) is 13.0. The minimum atomic E-state index is -0.821. The van der Waals surface area contributed by atoms with Crippen LogP contribution in [0.25, 0.3) is 0 Å². The van der Waals surface area contributed by atoms with Crippen LogP contribution in [-0.4, -0.2) is 33.4 Å².